The predicted octanol–water partition coefficient (Wildman–Crippen LogP) is 1.79. The van der Waals surface area contributed by atoms with Gasteiger partial charge in [-0.3, -0.25) is 4.79 Å². The van der Waals surface area contributed by atoms with E-state index in [0.717, 1.165) is 23.8 Å². The molecule has 1 aromatic rings. The molecule has 1 aliphatic carbocycles. The number of likely N-dealkylation sites (tertiary alicyclic amines) is 1. The molecule has 110 valence electrons. The van der Waals surface area contributed by atoms with Crippen molar-refractivity contribution < 1.29 is 9.90 Å². The summed E-state index contributed by atoms with van der Waals surface area (Å²) in [5, 5.41) is 10.2. The number of anilines is 1. The van der Waals surface area contributed by atoms with Crippen LogP contribution in [0.1, 0.15) is 35.8 Å². The maximum Gasteiger partial charge on any atom is 0.312 e. The minimum absolute atomic E-state index is 0.391. The molecule has 1 aromatic heterocycles. The zero-order chi connectivity index (χ0) is 14.3. The summed E-state index contributed by atoms with van der Waals surface area (Å²) in [4.78, 5) is 21.6. The predicted molar refractivity (Wildman–Crippen MR) is 79.7 cm³/mol. The summed E-state index contributed by atoms with van der Waals surface area (Å²) in [6, 6.07) is 0.489. The van der Waals surface area contributed by atoms with Crippen LogP contribution >= 0.6 is 11.3 Å². The minimum atomic E-state index is -0.736. The van der Waals surface area contributed by atoms with Crippen LogP contribution in [0.3, 0.4) is 0 Å². The van der Waals surface area contributed by atoms with E-state index in [1.807, 2.05) is 0 Å². The zero-order valence-electron chi connectivity index (χ0n) is 12.0. The normalized spacial score (nSPS) is 26.5. The molecule has 6 heteroatoms. The summed E-state index contributed by atoms with van der Waals surface area (Å²) in [6.45, 7) is 2.23. The van der Waals surface area contributed by atoms with E-state index in [2.05, 4.69) is 28.9 Å². The molecule has 3 rings (SSSR count). The second-order valence-electron chi connectivity index (χ2n) is 5.90. The van der Waals surface area contributed by atoms with Crippen molar-refractivity contribution in [1.29, 1.82) is 0 Å². The maximum absolute atomic E-state index is 11.2. The average molecular weight is 295 g/mol. The van der Waals surface area contributed by atoms with Crippen molar-refractivity contribution in [1.82, 2.24) is 9.88 Å². The van der Waals surface area contributed by atoms with Crippen LogP contribution in [0.25, 0.3) is 0 Å². The number of hydrogen-bond donors (Lipinski definition) is 1. The lowest BCUT2D eigenvalue weighted by molar-refractivity contribution is -0.138. The highest BCUT2D eigenvalue weighted by Gasteiger charge is 2.34. The minimum Gasteiger partial charge on any atom is -0.481 e. The molecule has 2 atom stereocenters. The fourth-order valence-corrected chi connectivity index (χ4v) is 4.39. The molecule has 2 heterocycles. The molecule has 1 saturated heterocycles. The molecule has 20 heavy (non-hydrogen) atoms. The van der Waals surface area contributed by atoms with Gasteiger partial charge in [-0.1, -0.05) is 0 Å². The van der Waals surface area contributed by atoms with E-state index in [1.54, 1.807) is 11.3 Å². The van der Waals surface area contributed by atoms with Crippen molar-refractivity contribution in [3.8, 4) is 0 Å². The molecule has 0 amide bonds. The third kappa shape index (κ3) is 2.42. The number of nitrogens with zero attached hydrogens (tertiary/aromatic N) is 3. The largest absolute Gasteiger partial charge is 0.481 e. The number of carboxylic acids is 1. The molecule has 0 saturated carbocycles. The van der Waals surface area contributed by atoms with E-state index < -0.39 is 11.9 Å². The number of aliphatic carboxylic acids is 1. The Bertz CT molecular complexity index is 517. The SMILES string of the molecule is CN1CCCC(N(C)c2nc3c(s2)CCC3C(=O)O)C1. The third-order valence-corrected chi connectivity index (χ3v) is 5.68. The highest BCUT2D eigenvalue weighted by molar-refractivity contribution is 7.15. The lowest BCUT2D eigenvalue weighted by Crippen LogP contribution is -2.45. The Balaban J connectivity index is 1.78. The number of likely N-dealkylation sites (N-methyl/N-ethyl adjacent to an activating group) is 2. The van der Waals surface area contributed by atoms with Gasteiger partial charge in [0.1, 0.15) is 5.92 Å². The summed E-state index contributed by atoms with van der Waals surface area (Å²) < 4.78 is 0. The van der Waals surface area contributed by atoms with Crippen LogP contribution in [0.4, 0.5) is 5.13 Å². The Kier molecular flexibility index (Phi) is 3.69. The number of hydrogen-bond acceptors (Lipinski definition) is 5. The quantitative estimate of drug-likeness (QED) is 0.921. The Morgan fingerprint density at radius 3 is 3.00 bits per heavy atom. The van der Waals surface area contributed by atoms with Crippen molar-refractivity contribution >= 4 is 22.4 Å². The van der Waals surface area contributed by atoms with Crippen LogP contribution in [-0.4, -0.2) is 54.2 Å². The van der Waals surface area contributed by atoms with Gasteiger partial charge in [0.15, 0.2) is 5.13 Å². The molecular formula is C14H21N3O2S. The van der Waals surface area contributed by atoms with Gasteiger partial charge in [-0.25, -0.2) is 4.98 Å². The van der Waals surface area contributed by atoms with Gasteiger partial charge < -0.3 is 14.9 Å². The lowest BCUT2D eigenvalue weighted by Gasteiger charge is -2.35. The van der Waals surface area contributed by atoms with E-state index in [4.69, 9.17) is 0 Å². The summed E-state index contributed by atoms with van der Waals surface area (Å²) in [5.74, 6) is -1.13. The van der Waals surface area contributed by atoms with Crippen molar-refractivity contribution in [3.63, 3.8) is 0 Å². The molecular weight excluding hydrogens is 274 g/mol. The number of carboxylic acid groups (broad SMARTS) is 1. The van der Waals surface area contributed by atoms with Crippen molar-refractivity contribution in [2.24, 2.45) is 0 Å². The van der Waals surface area contributed by atoms with Gasteiger partial charge >= 0.3 is 5.97 Å². The van der Waals surface area contributed by atoms with Gasteiger partial charge in [0, 0.05) is 24.5 Å². The Hall–Kier alpha value is -1.14. The summed E-state index contributed by atoms with van der Waals surface area (Å²) >= 11 is 1.68. The van der Waals surface area contributed by atoms with E-state index in [1.165, 1.54) is 24.3 Å². The standard InChI is InChI=1S/C14H21N3O2S/c1-16-7-3-4-9(8-16)17(2)14-15-12-10(13(18)19)5-6-11(12)20-14/h9-10H,3-8H2,1-2H3,(H,18,19). The first kappa shape index (κ1) is 13.8. The van der Waals surface area contributed by atoms with E-state index in [9.17, 15) is 9.90 Å². The number of piperidine rings is 1. The summed E-state index contributed by atoms with van der Waals surface area (Å²) in [6.07, 6.45) is 3.98. The number of thiazole rings is 1. The molecule has 1 aliphatic heterocycles. The van der Waals surface area contributed by atoms with Crippen LogP contribution in [0.5, 0.6) is 0 Å². The number of fused-ring (bicyclic) bond motifs is 1. The second-order valence-corrected chi connectivity index (χ2v) is 6.97. The second kappa shape index (κ2) is 5.33. The fraction of sp³-hybridized carbons (Fsp3) is 0.714. The summed E-state index contributed by atoms with van der Waals surface area (Å²) in [5.41, 5.74) is 0.813. The van der Waals surface area contributed by atoms with Crippen molar-refractivity contribution in [2.75, 3.05) is 32.1 Å². The van der Waals surface area contributed by atoms with Gasteiger partial charge in [-0.05, 0) is 39.3 Å². The molecule has 5 nitrogen and oxygen atoms in total. The Morgan fingerprint density at radius 1 is 1.50 bits per heavy atom. The number of aryl methyl sites for hydroxylation is 1. The highest BCUT2D eigenvalue weighted by Crippen LogP contribution is 2.40. The van der Waals surface area contributed by atoms with Gasteiger partial charge in [0.25, 0.3) is 0 Å². The Morgan fingerprint density at radius 2 is 2.30 bits per heavy atom. The molecule has 0 bridgehead atoms. The van der Waals surface area contributed by atoms with E-state index >= 15 is 0 Å². The first-order valence-electron chi connectivity index (χ1n) is 7.20. The van der Waals surface area contributed by atoms with E-state index in [-0.39, 0.29) is 0 Å². The molecule has 1 N–H and O–H groups in total. The van der Waals surface area contributed by atoms with Crippen molar-refractivity contribution in [3.05, 3.63) is 10.6 Å². The van der Waals surface area contributed by atoms with Crippen LogP contribution in [0.15, 0.2) is 0 Å². The molecule has 1 fully saturated rings. The first-order valence-corrected chi connectivity index (χ1v) is 8.01. The molecule has 2 unspecified atom stereocenters. The smallest absolute Gasteiger partial charge is 0.312 e. The van der Waals surface area contributed by atoms with E-state index in [0.29, 0.717) is 12.5 Å². The highest BCUT2D eigenvalue weighted by atomic mass is 32.1. The first-order chi connectivity index (χ1) is 9.56. The number of rotatable bonds is 3. The topological polar surface area (TPSA) is 56.7 Å². The molecule has 0 aromatic carbocycles. The van der Waals surface area contributed by atoms with Crippen LogP contribution in [-0.2, 0) is 11.2 Å². The third-order valence-electron chi connectivity index (χ3n) is 4.45. The van der Waals surface area contributed by atoms with Crippen molar-refractivity contribution in [2.45, 2.75) is 37.6 Å². The lowest BCUT2D eigenvalue weighted by atomic mass is 10.1. The van der Waals surface area contributed by atoms with Gasteiger partial charge in [0.2, 0.25) is 0 Å². The summed E-state index contributed by atoms with van der Waals surface area (Å²) in [7, 11) is 4.25. The monoisotopic (exact) mass is 295 g/mol. The maximum atomic E-state index is 11.2. The fourth-order valence-electron chi connectivity index (χ4n) is 3.22. The van der Waals surface area contributed by atoms with Gasteiger partial charge in [-0.2, -0.15) is 0 Å². The van der Waals surface area contributed by atoms with Crippen LogP contribution < -0.4 is 4.90 Å². The van der Waals surface area contributed by atoms with Crippen LogP contribution in [0, 0.1) is 0 Å². The average Bonchev–Trinajstić information content (AvgIpc) is 2.96. The number of carbonyl (C=O) groups is 1. The molecule has 0 spiro atoms. The van der Waals surface area contributed by atoms with Gasteiger partial charge in [-0.15, -0.1) is 11.3 Å². The molecule has 0 radical (unpaired) electrons. The number of aromatic nitrogens is 1. The molecule has 2 aliphatic rings. The van der Waals surface area contributed by atoms with Gasteiger partial charge in [0.05, 0.1) is 5.69 Å². The Labute approximate surface area is 123 Å². The zero-order valence-corrected chi connectivity index (χ0v) is 12.8. The van der Waals surface area contributed by atoms with Crippen LogP contribution in [0.2, 0.25) is 0 Å².